The predicted octanol–water partition coefficient (Wildman–Crippen LogP) is 2.58. The summed E-state index contributed by atoms with van der Waals surface area (Å²) in [5, 5.41) is 17.1. The van der Waals surface area contributed by atoms with Crippen LogP contribution in [0.25, 0.3) is 28.2 Å². The number of hydrogen-bond acceptors (Lipinski definition) is 5. The van der Waals surface area contributed by atoms with Gasteiger partial charge in [-0.15, -0.1) is 15.3 Å². The van der Waals surface area contributed by atoms with E-state index in [1.54, 1.807) is 11.0 Å². The summed E-state index contributed by atoms with van der Waals surface area (Å²) in [5.41, 5.74) is 4.12. The lowest BCUT2D eigenvalue weighted by atomic mass is 10.2. The van der Waals surface area contributed by atoms with Gasteiger partial charge in [0.2, 0.25) is 0 Å². The molecule has 0 aliphatic carbocycles. The smallest absolute Gasteiger partial charge is 0.194 e. The summed E-state index contributed by atoms with van der Waals surface area (Å²) in [6.45, 7) is 0.611. The average Bonchev–Trinajstić information content (AvgIpc) is 3.27. The first kappa shape index (κ1) is 13.8. The monoisotopic (exact) mass is 327 g/mol. The molecule has 5 aromatic rings. The van der Waals surface area contributed by atoms with E-state index in [1.807, 2.05) is 52.9 Å². The van der Waals surface area contributed by atoms with Gasteiger partial charge >= 0.3 is 0 Å². The van der Waals surface area contributed by atoms with Crippen LogP contribution in [0.3, 0.4) is 0 Å². The molecule has 7 nitrogen and oxygen atoms in total. The van der Waals surface area contributed by atoms with Crippen LogP contribution < -0.4 is 0 Å². The van der Waals surface area contributed by atoms with Gasteiger partial charge in [0.05, 0.1) is 6.54 Å². The maximum Gasteiger partial charge on any atom is 0.194 e. The Kier molecular flexibility index (Phi) is 3.03. The molecule has 0 aliphatic rings. The molecule has 120 valence electrons. The first-order valence-electron chi connectivity index (χ1n) is 7.92. The zero-order valence-electron chi connectivity index (χ0n) is 13.2. The lowest BCUT2D eigenvalue weighted by Gasteiger charge is -2.02. The van der Waals surface area contributed by atoms with E-state index in [-0.39, 0.29) is 0 Å². The topological polar surface area (TPSA) is 73.8 Å². The Morgan fingerprint density at radius 2 is 1.52 bits per heavy atom. The van der Waals surface area contributed by atoms with E-state index >= 15 is 0 Å². The zero-order chi connectivity index (χ0) is 16.6. The van der Waals surface area contributed by atoms with Gasteiger partial charge in [-0.25, -0.2) is 9.67 Å². The van der Waals surface area contributed by atoms with E-state index in [4.69, 9.17) is 0 Å². The summed E-state index contributed by atoms with van der Waals surface area (Å²) >= 11 is 0. The molecule has 0 aliphatic heterocycles. The highest BCUT2D eigenvalue weighted by Crippen LogP contribution is 2.21. The van der Waals surface area contributed by atoms with Gasteiger partial charge in [0.25, 0.3) is 0 Å². The molecular weight excluding hydrogens is 314 g/mol. The minimum Gasteiger partial charge on any atom is -0.263 e. The third-order valence-corrected chi connectivity index (χ3v) is 4.12. The van der Waals surface area contributed by atoms with Gasteiger partial charge in [0.15, 0.2) is 22.6 Å². The molecule has 0 radical (unpaired) electrons. The van der Waals surface area contributed by atoms with Crippen LogP contribution in [0.1, 0.15) is 5.56 Å². The molecule has 5 rings (SSSR count). The number of nitrogens with zero attached hydrogens (tertiary/aromatic N) is 7. The third-order valence-electron chi connectivity index (χ3n) is 4.12. The van der Waals surface area contributed by atoms with Crippen LogP contribution in [0.5, 0.6) is 0 Å². The van der Waals surface area contributed by atoms with Crippen LogP contribution in [-0.2, 0) is 6.54 Å². The molecule has 0 bridgehead atoms. The first-order chi connectivity index (χ1) is 12.4. The van der Waals surface area contributed by atoms with Crippen LogP contribution in [-0.4, -0.2) is 34.6 Å². The van der Waals surface area contributed by atoms with Gasteiger partial charge in [-0.2, -0.15) is 0 Å². The highest BCUT2D eigenvalue weighted by Gasteiger charge is 2.15. The molecule has 0 atom stereocenters. The molecular formula is C18H13N7. The molecule has 0 spiro atoms. The van der Waals surface area contributed by atoms with Crippen molar-refractivity contribution in [3.8, 4) is 11.4 Å². The van der Waals surface area contributed by atoms with Crippen molar-refractivity contribution in [1.82, 2.24) is 34.6 Å². The number of hydrogen-bond donors (Lipinski definition) is 0. The van der Waals surface area contributed by atoms with Crippen molar-refractivity contribution >= 4 is 16.8 Å². The fourth-order valence-electron chi connectivity index (χ4n) is 2.90. The second-order valence-corrected chi connectivity index (χ2v) is 5.73. The molecule has 0 N–H and O–H groups in total. The van der Waals surface area contributed by atoms with Crippen molar-refractivity contribution < 1.29 is 0 Å². The van der Waals surface area contributed by atoms with Crippen LogP contribution in [0.2, 0.25) is 0 Å². The molecule has 7 heteroatoms. The Hall–Kier alpha value is -3.61. The molecule has 3 aromatic heterocycles. The van der Waals surface area contributed by atoms with Crippen molar-refractivity contribution in [1.29, 1.82) is 0 Å². The van der Waals surface area contributed by atoms with Crippen molar-refractivity contribution in [2.45, 2.75) is 6.54 Å². The Morgan fingerprint density at radius 3 is 2.32 bits per heavy atom. The molecule has 3 heterocycles. The van der Waals surface area contributed by atoms with Crippen LogP contribution in [0, 0.1) is 0 Å². The Balaban J connectivity index is 1.64. The Bertz CT molecular complexity index is 1160. The van der Waals surface area contributed by atoms with E-state index in [2.05, 4.69) is 37.6 Å². The largest absolute Gasteiger partial charge is 0.263 e. The van der Waals surface area contributed by atoms with Crippen molar-refractivity contribution in [3.63, 3.8) is 0 Å². The predicted molar refractivity (Wildman–Crippen MR) is 92.8 cm³/mol. The lowest BCUT2D eigenvalue weighted by molar-refractivity contribution is 0.664. The molecule has 0 saturated heterocycles. The first-order valence-corrected chi connectivity index (χ1v) is 7.92. The number of benzene rings is 2. The van der Waals surface area contributed by atoms with Gasteiger partial charge in [-0.05, 0) is 5.56 Å². The molecule has 0 fully saturated rings. The fourth-order valence-corrected chi connectivity index (χ4v) is 2.90. The number of rotatable bonds is 3. The van der Waals surface area contributed by atoms with E-state index < -0.39 is 0 Å². The summed E-state index contributed by atoms with van der Waals surface area (Å²) in [5.74, 6) is 0.739. The van der Waals surface area contributed by atoms with Crippen LogP contribution in [0.4, 0.5) is 0 Å². The fraction of sp³-hybridized carbons (Fsp3) is 0.0556. The van der Waals surface area contributed by atoms with E-state index in [1.165, 1.54) is 0 Å². The minimum absolute atomic E-state index is 0.611. The summed E-state index contributed by atoms with van der Waals surface area (Å²) in [6.07, 6.45) is 1.73. The highest BCUT2D eigenvalue weighted by molar-refractivity contribution is 5.85. The summed E-state index contributed by atoms with van der Waals surface area (Å²) in [7, 11) is 0. The number of aromatic nitrogens is 7. The van der Waals surface area contributed by atoms with Crippen molar-refractivity contribution in [3.05, 3.63) is 72.6 Å². The second-order valence-electron chi connectivity index (χ2n) is 5.73. The van der Waals surface area contributed by atoms with Crippen molar-refractivity contribution in [2.24, 2.45) is 0 Å². The summed E-state index contributed by atoms with van der Waals surface area (Å²) in [4.78, 5) is 4.54. The van der Waals surface area contributed by atoms with E-state index in [0.717, 1.165) is 17.0 Å². The van der Waals surface area contributed by atoms with Crippen LogP contribution in [0.15, 0.2) is 67.0 Å². The minimum atomic E-state index is 0.611. The van der Waals surface area contributed by atoms with Crippen LogP contribution >= 0.6 is 0 Å². The zero-order valence-corrected chi connectivity index (χ0v) is 13.2. The molecule has 25 heavy (non-hydrogen) atoms. The average molecular weight is 327 g/mol. The molecule has 2 aromatic carbocycles. The van der Waals surface area contributed by atoms with Crippen molar-refractivity contribution in [2.75, 3.05) is 0 Å². The van der Waals surface area contributed by atoms with Gasteiger partial charge in [-0.1, -0.05) is 65.9 Å². The van der Waals surface area contributed by atoms with Gasteiger partial charge < -0.3 is 0 Å². The van der Waals surface area contributed by atoms with E-state index in [0.29, 0.717) is 23.4 Å². The molecule has 0 amide bonds. The Labute approximate surface area is 142 Å². The van der Waals surface area contributed by atoms with E-state index in [9.17, 15) is 0 Å². The standard InChI is InChI=1S/C18H13N7/c1-3-7-13(8-4-1)11-25-17-15(20-23-25)18-22-21-16(24(18)12-19-17)14-9-5-2-6-10-14/h1-10,12H,11H2. The third kappa shape index (κ3) is 2.25. The normalized spacial score (nSPS) is 11.4. The number of fused-ring (bicyclic) bond motifs is 3. The summed E-state index contributed by atoms with van der Waals surface area (Å²) in [6, 6.07) is 20.0. The lowest BCUT2D eigenvalue weighted by Crippen LogP contribution is -2.03. The maximum atomic E-state index is 4.54. The molecule has 0 saturated carbocycles. The van der Waals surface area contributed by atoms with Gasteiger partial charge in [-0.3, -0.25) is 4.40 Å². The highest BCUT2D eigenvalue weighted by atomic mass is 15.4. The van der Waals surface area contributed by atoms with Gasteiger partial charge in [0.1, 0.15) is 6.33 Å². The second kappa shape index (κ2) is 5.48. The Morgan fingerprint density at radius 1 is 0.760 bits per heavy atom. The maximum absolute atomic E-state index is 4.54. The SMILES string of the molecule is c1ccc(Cn2nnc3c2ncn2c(-c4ccccc4)nnc32)cc1. The van der Waals surface area contributed by atoms with Gasteiger partial charge in [0, 0.05) is 5.56 Å². The quantitative estimate of drug-likeness (QED) is 0.509. The summed E-state index contributed by atoms with van der Waals surface area (Å²) < 4.78 is 3.63. The molecule has 0 unspecified atom stereocenters.